The van der Waals surface area contributed by atoms with E-state index in [1.807, 2.05) is 19.2 Å². The summed E-state index contributed by atoms with van der Waals surface area (Å²) in [5.74, 6) is 0.969. The molecule has 1 atom stereocenters. The summed E-state index contributed by atoms with van der Waals surface area (Å²) >= 11 is 0. The maximum atomic E-state index is 4.67. The molecule has 0 fully saturated rings. The second-order valence-corrected chi connectivity index (χ2v) is 5.86. The Bertz CT molecular complexity index is 584. The van der Waals surface area contributed by atoms with E-state index in [4.69, 9.17) is 0 Å². The van der Waals surface area contributed by atoms with E-state index in [2.05, 4.69) is 58.9 Å². The van der Waals surface area contributed by atoms with Gasteiger partial charge in [0.15, 0.2) is 5.82 Å². The van der Waals surface area contributed by atoms with E-state index >= 15 is 0 Å². The van der Waals surface area contributed by atoms with Crippen LogP contribution in [-0.2, 0) is 6.54 Å². The van der Waals surface area contributed by atoms with Crippen molar-refractivity contribution in [3.8, 4) is 0 Å². The molecule has 3 nitrogen and oxygen atoms in total. The third kappa shape index (κ3) is 4.83. The molecule has 3 heteroatoms. The summed E-state index contributed by atoms with van der Waals surface area (Å²) in [6.07, 6.45) is 9.11. The highest BCUT2D eigenvalue weighted by molar-refractivity contribution is 5.75. The van der Waals surface area contributed by atoms with E-state index in [9.17, 15) is 0 Å². The number of aryl methyl sites for hydroxylation is 2. The lowest BCUT2D eigenvalue weighted by molar-refractivity contribution is 0.580. The molecule has 0 bridgehead atoms. The smallest absolute Gasteiger partial charge is 0.150 e. The fourth-order valence-corrected chi connectivity index (χ4v) is 2.55. The van der Waals surface area contributed by atoms with Gasteiger partial charge in [-0.3, -0.25) is 4.99 Å². The highest BCUT2D eigenvalue weighted by Gasteiger charge is 2.05. The number of aliphatic imine (C=N–C) groups is 1. The Morgan fingerprint density at radius 1 is 1.18 bits per heavy atom. The SMILES string of the molecule is CCCCCCn1cc(C)nc1C=N[C@H](C)c1ccccc1. The normalized spacial score (nSPS) is 12.9. The molecule has 0 aliphatic carbocycles. The van der Waals surface area contributed by atoms with Crippen LogP contribution >= 0.6 is 0 Å². The third-order valence-electron chi connectivity index (χ3n) is 3.88. The van der Waals surface area contributed by atoms with Gasteiger partial charge in [-0.05, 0) is 25.8 Å². The summed E-state index contributed by atoms with van der Waals surface area (Å²) in [5.41, 5.74) is 2.29. The Balaban J connectivity index is 2.01. The number of imidazole rings is 1. The number of hydrogen-bond donors (Lipinski definition) is 0. The van der Waals surface area contributed by atoms with Crippen LogP contribution in [0.2, 0.25) is 0 Å². The molecule has 2 rings (SSSR count). The van der Waals surface area contributed by atoms with Gasteiger partial charge in [0.25, 0.3) is 0 Å². The van der Waals surface area contributed by atoms with Crippen molar-refractivity contribution in [2.45, 2.75) is 59.0 Å². The first-order valence-electron chi connectivity index (χ1n) is 8.32. The monoisotopic (exact) mass is 297 g/mol. The number of unbranched alkanes of at least 4 members (excludes halogenated alkanes) is 3. The number of nitrogens with zero attached hydrogens (tertiary/aromatic N) is 3. The van der Waals surface area contributed by atoms with Gasteiger partial charge in [0.2, 0.25) is 0 Å². The standard InChI is InChI=1S/C19H27N3/c1-4-5-6-10-13-22-15-16(2)21-19(22)14-20-17(3)18-11-8-7-9-12-18/h7-9,11-12,14-15,17H,4-6,10,13H2,1-3H3/t17-/m1/s1. The van der Waals surface area contributed by atoms with Crippen LogP contribution in [-0.4, -0.2) is 15.8 Å². The van der Waals surface area contributed by atoms with Crippen molar-refractivity contribution in [3.63, 3.8) is 0 Å². The van der Waals surface area contributed by atoms with Gasteiger partial charge in [-0.15, -0.1) is 0 Å². The molecular formula is C19H27N3. The van der Waals surface area contributed by atoms with E-state index in [0.717, 1.165) is 18.1 Å². The number of aromatic nitrogens is 2. The minimum absolute atomic E-state index is 0.159. The first-order chi connectivity index (χ1) is 10.7. The highest BCUT2D eigenvalue weighted by Crippen LogP contribution is 2.15. The molecule has 0 aliphatic rings. The fourth-order valence-electron chi connectivity index (χ4n) is 2.55. The lowest BCUT2D eigenvalue weighted by atomic mass is 10.1. The van der Waals surface area contributed by atoms with Crippen molar-refractivity contribution in [1.82, 2.24) is 9.55 Å². The topological polar surface area (TPSA) is 30.2 Å². The average molecular weight is 297 g/mol. The van der Waals surface area contributed by atoms with Gasteiger partial charge in [0.05, 0.1) is 18.0 Å². The average Bonchev–Trinajstić information content (AvgIpc) is 2.90. The molecule has 22 heavy (non-hydrogen) atoms. The van der Waals surface area contributed by atoms with Crippen molar-refractivity contribution >= 4 is 6.21 Å². The van der Waals surface area contributed by atoms with Crippen LogP contribution in [0.25, 0.3) is 0 Å². The summed E-state index contributed by atoms with van der Waals surface area (Å²) in [6, 6.07) is 10.5. The Morgan fingerprint density at radius 2 is 1.95 bits per heavy atom. The van der Waals surface area contributed by atoms with Crippen molar-refractivity contribution in [3.05, 3.63) is 53.6 Å². The van der Waals surface area contributed by atoms with Crippen LogP contribution in [0, 0.1) is 6.92 Å². The van der Waals surface area contributed by atoms with Crippen LogP contribution in [0.5, 0.6) is 0 Å². The van der Waals surface area contributed by atoms with Crippen molar-refractivity contribution in [2.75, 3.05) is 0 Å². The molecule has 0 unspecified atom stereocenters. The Kier molecular flexibility index (Phi) is 6.38. The molecular weight excluding hydrogens is 270 g/mol. The summed E-state index contributed by atoms with van der Waals surface area (Å²) in [4.78, 5) is 9.26. The number of rotatable bonds is 8. The zero-order valence-corrected chi connectivity index (χ0v) is 14.0. The molecule has 1 aromatic heterocycles. The first-order valence-corrected chi connectivity index (χ1v) is 8.32. The van der Waals surface area contributed by atoms with Crippen molar-refractivity contribution in [2.24, 2.45) is 4.99 Å². The van der Waals surface area contributed by atoms with E-state index in [0.29, 0.717) is 0 Å². The molecule has 1 heterocycles. The maximum Gasteiger partial charge on any atom is 0.150 e. The minimum Gasteiger partial charge on any atom is -0.330 e. The van der Waals surface area contributed by atoms with E-state index in [1.54, 1.807) is 0 Å². The lowest BCUT2D eigenvalue weighted by Crippen LogP contribution is -2.03. The first kappa shape index (κ1) is 16.5. The molecule has 118 valence electrons. The van der Waals surface area contributed by atoms with Crippen molar-refractivity contribution in [1.29, 1.82) is 0 Å². The summed E-state index contributed by atoms with van der Waals surface area (Å²) in [6.45, 7) is 7.43. The second kappa shape index (κ2) is 8.52. The van der Waals surface area contributed by atoms with Gasteiger partial charge in [-0.25, -0.2) is 4.98 Å². The summed E-state index contributed by atoms with van der Waals surface area (Å²) < 4.78 is 2.23. The number of hydrogen-bond acceptors (Lipinski definition) is 2. The Morgan fingerprint density at radius 3 is 2.68 bits per heavy atom. The predicted octanol–water partition coefficient (Wildman–Crippen LogP) is 4.95. The summed E-state index contributed by atoms with van der Waals surface area (Å²) in [7, 11) is 0. The predicted molar refractivity (Wildman–Crippen MR) is 93.6 cm³/mol. The largest absolute Gasteiger partial charge is 0.330 e. The minimum atomic E-state index is 0.159. The molecule has 0 saturated carbocycles. The van der Waals surface area contributed by atoms with Crippen molar-refractivity contribution < 1.29 is 0 Å². The molecule has 0 amide bonds. The summed E-state index contributed by atoms with van der Waals surface area (Å²) in [5, 5.41) is 0. The van der Waals surface area contributed by atoms with Gasteiger partial charge in [-0.1, -0.05) is 56.5 Å². The molecule has 0 spiro atoms. The molecule has 1 aromatic carbocycles. The van der Waals surface area contributed by atoms with Crippen LogP contribution in [0.15, 0.2) is 41.5 Å². The lowest BCUT2D eigenvalue weighted by Gasteiger charge is -2.07. The number of benzene rings is 1. The second-order valence-electron chi connectivity index (χ2n) is 5.86. The quantitative estimate of drug-likeness (QED) is 0.501. The molecule has 0 saturated heterocycles. The third-order valence-corrected chi connectivity index (χ3v) is 3.88. The zero-order chi connectivity index (χ0) is 15.8. The van der Waals surface area contributed by atoms with E-state index in [1.165, 1.54) is 31.2 Å². The van der Waals surface area contributed by atoms with Gasteiger partial charge < -0.3 is 4.57 Å². The molecule has 0 N–H and O–H groups in total. The van der Waals surface area contributed by atoms with Gasteiger partial charge in [0.1, 0.15) is 0 Å². The molecule has 0 aliphatic heterocycles. The van der Waals surface area contributed by atoms with Crippen LogP contribution in [0.3, 0.4) is 0 Å². The maximum absolute atomic E-state index is 4.67. The zero-order valence-electron chi connectivity index (χ0n) is 14.0. The van der Waals surface area contributed by atoms with Gasteiger partial charge in [-0.2, -0.15) is 0 Å². The van der Waals surface area contributed by atoms with E-state index in [-0.39, 0.29) is 6.04 Å². The highest BCUT2D eigenvalue weighted by atomic mass is 15.1. The fraction of sp³-hybridized carbons (Fsp3) is 0.474. The van der Waals surface area contributed by atoms with Crippen LogP contribution < -0.4 is 0 Å². The molecule has 0 radical (unpaired) electrons. The Hall–Kier alpha value is -1.90. The van der Waals surface area contributed by atoms with Gasteiger partial charge in [0, 0.05) is 12.7 Å². The van der Waals surface area contributed by atoms with Crippen LogP contribution in [0.4, 0.5) is 0 Å². The van der Waals surface area contributed by atoms with Crippen LogP contribution in [0.1, 0.15) is 62.7 Å². The van der Waals surface area contributed by atoms with E-state index < -0.39 is 0 Å². The Labute approximate surface area is 134 Å². The molecule has 2 aromatic rings. The van der Waals surface area contributed by atoms with Gasteiger partial charge >= 0.3 is 0 Å².